The highest BCUT2D eigenvalue weighted by Crippen LogP contribution is 2.28. The van der Waals surface area contributed by atoms with Crippen LogP contribution < -0.4 is 0 Å². The van der Waals surface area contributed by atoms with Crippen molar-refractivity contribution >= 4 is 16.0 Å². The third kappa shape index (κ3) is 4.55. The van der Waals surface area contributed by atoms with Gasteiger partial charge < -0.3 is 9.47 Å². The summed E-state index contributed by atoms with van der Waals surface area (Å²) in [5.41, 5.74) is 1.84. The van der Waals surface area contributed by atoms with Crippen LogP contribution in [0.4, 0.5) is 0 Å². The van der Waals surface area contributed by atoms with Crippen LogP contribution in [-0.2, 0) is 30.9 Å². The van der Waals surface area contributed by atoms with E-state index < -0.39 is 22.2 Å². The van der Waals surface area contributed by atoms with Gasteiger partial charge in [-0.3, -0.25) is 4.79 Å². The average molecular weight is 389 g/mol. The number of hydrogen-bond acceptors (Lipinski definition) is 5. The van der Waals surface area contributed by atoms with Crippen molar-refractivity contribution in [3.8, 4) is 0 Å². The lowest BCUT2D eigenvalue weighted by Gasteiger charge is -2.25. The SMILES string of the molecule is Cc1ccc(S(=O)(=O)N2[C@H](CC(=O)OCc3ccccc3)OC[C@@H]2C)cc1. The minimum Gasteiger partial charge on any atom is -0.461 e. The topological polar surface area (TPSA) is 72.9 Å². The summed E-state index contributed by atoms with van der Waals surface area (Å²) in [6, 6.07) is 15.6. The number of ether oxygens (including phenoxy) is 2. The summed E-state index contributed by atoms with van der Waals surface area (Å²) in [6.45, 7) is 4.04. The predicted molar refractivity (Wildman–Crippen MR) is 100 cm³/mol. The molecule has 3 rings (SSSR count). The number of rotatable bonds is 6. The third-order valence-electron chi connectivity index (χ3n) is 4.43. The summed E-state index contributed by atoms with van der Waals surface area (Å²) in [5, 5.41) is 0. The minimum absolute atomic E-state index is 0.145. The van der Waals surface area contributed by atoms with Crippen LogP contribution in [0.5, 0.6) is 0 Å². The van der Waals surface area contributed by atoms with E-state index in [9.17, 15) is 13.2 Å². The Hall–Kier alpha value is -2.22. The highest BCUT2D eigenvalue weighted by atomic mass is 32.2. The molecule has 7 heteroatoms. The summed E-state index contributed by atoms with van der Waals surface area (Å²) < 4.78 is 38.2. The molecule has 0 aliphatic carbocycles. The van der Waals surface area contributed by atoms with E-state index in [-0.39, 0.29) is 30.6 Å². The van der Waals surface area contributed by atoms with Crippen LogP contribution in [0, 0.1) is 6.92 Å². The number of carbonyl (C=O) groups excluding carboxylic acids is 1. The fraction of sp³-hybridized carbons (Fsp3) is 0.350. The number of sulfonamides is 1. The molecule has 2 aromatic rings. The van der Waals surface area contributed by atoms with Gasteiger partial charge in [0, 0.05) is 6.04 Å². The quantitative estimate of drug-likeness (QED) is 0.711. The Balaban J connectivity index is 1.69. The van der Waals surface area contributed by atoms with E-state index in [0.29, 0.717) is 0 Å². The second-order valence-corrected chi connectivity index (χ2v) is 8.48. The maximum absolute atomic E-state index is 13.0. The van der Waals surface area contributed by atoms with Crippen molar-refractivity contribution in [2.45, 2.75) is 44.0 Å². The van der Waals surface area contributed by atoms with E-state index in [2.05, 4.69) is 0 Å². The molecule has 0 amide bonds. The fourth-order valence-electron chi connectivity index (χ4n) is 2.99. The molecule has 1 heterocycles. The maximum atomic E-state index is 13.0. The monoisotopic (exact) mass is 389 g/mol. The van der Waals surface area contributed by atoms with Crippen molar-refractivity contribution in [3.63, 3.8) is 0 Å². The molecule has 1 fully saturated rings. The molecule has 27 heavy (non-hydrogen) atoms. The predicted octanol–water partition coefficient (Wildman–Crippen LogP) is 2.86. The molecule has 2 aromatic carbocycles. The van der Waals surface area contributed by atoms with Crippen LogP contribution in [0.15, 0.2) is 59.5 Å². The van der Waals surface area contributed by atoms with Crippen molar-refractivity contribution in [1.82, 2.24) is 4.31 Å². The highest BCUT2D eigenvalue weighted by Gasteiger charge is 2.42. The van der Waals surface area contributed by atoms with E-state index in [0.717, 1.165) is 11.1 Å². The van der Waals surface area contributed by atoms with Crippen molar-refractivity contribution < 1.29 is 22.7 Å². The van der Waals surface area contributed by atoms with Crippen molar-refractivity contribution in [2.75, 3.05) is 6.61 Å². The van der Waals surface area contributed by atoms with E-state index in [1.165, 1.54) is 4.31 Å². The molecule has 0 N–H and O–H groups in total. The van der Waals surface area contributed by atoms with Gasteiger partial charge in [0.2, 0.25) is 10.0 Å². The van der Waals surface area contributed by atoms with E-state index >= 15 is 0 Å². The lowest BCUT2D eigenvalue weighted by Crippen LogP contribution is -2.41. The number of hydrogen-bond donors (Lipinski definition) is 0. The molecule has 0 unspecified atom stereocenters. The van der Waals surface area contributed by atoms with E-state index in [1.807, 2.05) is 37.3 Å². The molecular weight excluding hydrogens is 366 g/mol. The van der Waals surface area contributed by atoms with Gasteiger partial charge in [0.15, 0.2) is 0 Å². The lowest BCUT2D eigenvalue weighted by molar-refractivity contribution is -0.148. The maximum Gasteiger partial charge on any atom is 0.310 e. The summed E-state index contributed by atoms with van der Waals surface area (Å²) >= 11 is 0. The van der Waals surface area contributed by atoms with Gasteiger partial charge in [-0.05, 0) is 31.5 Å². The molecule has 1 aliphatic heterocycles. The normalized spacial score (nSPS) is 20.5. The van der Waals surface area contributed by atoms with Crippen LogP contribution >= 0.6 is 0 Å². The standard InChI is InChI=1S/C20H23NO5S/c1-15-8-10-18(11-9-15)27(23,24)21-16(2)13-25-19(21)12-20(22)26-14-17-6-4-3-5-7-17/h3-11,16,19H,12-14H2,1-2H3/t16-,19-/m0/s1. The zero-order valence-corrected chi connectivity index (χ0v) is 16.2. The molecule has 1 aliphatic rings. The molecule has 0 spiro atoms. The van der Waals surface area contributed by atoms with Crippen molar-refractivity contribution in [3.05, 3.63) is 65.7 Å². The second kappa shape index (κ2) is 8.21. The molecule has 144 valence electrons. The van der Waals surface area contributed by atoms with Gasteiger partial charge in [-0.25, -0.2) is 8.42 Å². The average Bonchev–Trinajstić information content (AvgIpc) is 3.02. The van der Waals surface area contributed by atoms with Crippen molar-refractivity contribution in [1.29, 1.82) is 0 Å². The second-order valence-electron chi connectivity index (χ2n) is 6.64. The lowest BCUT2D eigenvalue weighted by atomic mass is 10.2. The first kappa shape index (κ1) is 19.5. The van der Waals surface area contributed by atoms with Crippen LogP contribution in [0.1, 0.15) is 24.5 Å². The van der Waals surface area contributed by atoms with Gasteiger partial charge in [0.1, 0.15) is 12.8 Å². The Kier molecular flexibility index (Phi) is 5.94. The van der Waals surface area contributed by atoms with Gasteiger partial charge in [0.05, 0.1) is 17.9 Å². The number of esters is 1. The first-order valence-electron chi connectivity index (χ1n) is 8.79. The number of aryl methyl sites for hydroxylation is 1. The number of nitrogens with zero attached hydrogens (tertiary/aromatic N) is 1. The molecule has 6 nitrogen and oxygen atoms in total. The molecule has 0 saturated carbocycles. The molecule has 0 aromatic heterocycles. The first-order chi connectivity index (χ1) is 12.9. The molecular formula is C20H23NO5S. The van der Waals surface area contributed by atoms with Gasteiger partial charge in [-0.1, -0.05) is 48.0 Å². The fourth-order valence-corrected chi connectivity index (χ4v) is 4.70. The van der Waals surface area contributed by atoms with E-state index in [1.54, 1.807) is 31.2 Å². The minimum atomic E-state index is -3.77. The van der Waals surface area contributed by atoms with Crippen LogP contribution in [-0.4, -0.2) is 37.6 Å². The van der Waals surface area contributed by atoms with Gasteiger partial charge >= 0.3 is 5.97 Å². The molecule has 0 bridgehead atoms. The first-order valence-corrected chi connectivity index (χ1v) is 10.2. The third-order valence-corrected chi connectivity index (χ3v) is 6.45. The van der Waals surface area contributed by atoms with Crippen molar-refractivity contribution in [2.24, 2.45) is 0 Å². The number of benzene rings is 2. The Labute approximate surface area is 159 Å². The zero-order chi connectivity index (χ0) is 19.4. The van der Waals surface area contributed by atoms with E-state index in [4.69, 9.17) is 9.47 Å². The highest BCUT2D eigenvalue weighted by molar-refractivity contribution is 7.89. The van der Waals surface area contributed by atoms with Crippen LogP contribution in [0.25, 0.3) is 0 Å². The Bertz CT molecular complexity index is 880. The molecule has 2 atom stereocenters. The summed E-state index contributed by atoms with van der Waals surface area (Å²) in [7, 11) is -3.77. The summed E-state index contributed by atoms with van der Waals surface area (Å²) in [5.74, 6) is -0.498. The van der Waals surface area contributed by atoms with Gasteiger partial charge in [-0.15, -0.1) is 0 Å². The van der Waals surface area contributed by atoms with Gasteiger partial charge in [0.25, 0.3) is 0 Å². The largest absolute Gasteiger partial charge is 0.461 e. The Morgan fingerprint density at radius 2 is 1.81 bits per heavy atom. The molecule has 0 radical (unpaired) electrons. The summed E-state index contributed by atoms with van der Waals surface area (Å²) in [4.78, 5) is 12.4. The van der Waals surface area contributed by atoms with Crippen LogP contribution in [0.2, 0.25) is 0 Å². The van der Waals surface area contributed by atoms with Gasteiger partial charge in [-0.2, -0.15) is 4.31 Å². The Morgan fingerprint density at radius 1 is 1.15 bits per heavy atom. The Morgan fingerprint density at radius 3 is 2.48 bits per heavy atom. The van der Waals surface area contributed by atoms with Crippen LogP contribution in [0.3, 0.4) is 0 Å². The smallest absolute Gasteiger partial charge is 0.310 e. The molecule has 1 saturated heterocycles. The zero-order valence-electron chi connectivity index (χ0n) is 15.4. The summed E-state index contributed by atoms with van der Waals surface area (Å²) in [6.07, 6.45) is -1.02. The number of carbonyl (C=O) groups is 1.